The normalized spacial score (nSPS) is 15.4. The number of fused-ring (bicyclic) bond motifs is 1. The number of pyridine rings is 2. The van der Waals surface area contributed by atoms with E-state index in [9.17, 15) is 17.6 Å². The Hall–Kier alpha value is -3.08. The minimum absolute atomic E-state index is 0.216. The maximum Gasteiger partial charge on any atom is 0.433 e. The van der Waals surface area contributed by atoms with Crippen LogP contribution in [0.15, 0.2) is 59.4 Å². The first-order chi connectivity index (χ1) is 17.4. The van der Waals surface area contributed by atoms with E-state index in [1.165, 1.54) is 23.5 Å². The van der Waals surface area contributed by atoms with Crippen molar-refractivity contribution in [1.82, 2.24) is 19.8 Å². The first kappa shape index (κ1) is 24.6. The molecule has 0 unspecified atom stereocenters. The molecular weight excluding hydrogens is 490 g/mol. The molecule has 1 fully saturated rings. The molecule has 1 aromatic carbocycles. The summed E-state index contributed by atoms with van der Waals surface area (Å²) in [5.74, 6) is 0.307. The summed E-state index contributed by atoms with van der Waals surface area (Å²) in [6, 6.07) is 11.0. The van der Waals surface area contributed by atoms with E-state index in [1.54, 1.807) is 18.3 Å². The molecule has 0 atom stereocenters. The van der Waals surface area contributed by atoms with Gasteiger partial charge in [-0.15, -0.1) is 0 Å². The molecule has 10 heteroatoms. The van der Waals surface area contributed by atoms with E-state index in [0.717, 1.165) is 56.5 Å². The molecule has 4 aromatic rings. The summed E-state index contributed by atoms with van der Waals surface area (Å²) in [5.41, 5.74) is 1.71. The number of benzene rings is 1. The summed E-state index contributed by atoms with van der Waals surface area (Å²) in [5, 5.41) is 7.61. The highest BCUT2D eigenvalue weighted by atomic mass is 32.1. The highest BCUT2D eigenvalue weighted by molar-refractivity contribution is 7.08. The first-order valence-corrected chi connectivity index (χ1v) is 12.6. The maximum absolute atomic E-state index is 13.4. The first-order valence-electron chi connectivity index (χ1n) is 11.7. The van der Waals surface area contributed by atoms with Gasteiger partial charge in [0.15, 0.2) is 0 Å². The summed E-state index contributed by atoms with van der Waals surface area (Å²) in [6.07, 6.45) is -2.93. The standard InChI is InChI=1S/C26H25F4N5S/c27-20-3-1-2-18(14-20)16-35-11-9-34(10-12-35)8-7-31-25-21-4-5-23(26(28,29)30)33-24(21)22(15-32-25)19-6-13-36-17-19/h1-6,13-15,17H,7-12,16H2,(H,31,32). The van der Waals surface area contributed by atoms with Crippen LogP contribution in [0.3, 0.4) is 0 Å². The molecule has 0 spiro atoms. The van der Waals surface area contributed by atoms with Crippen LogP contribution in [0.5, 0.6) is 0 Å². The second-order valence-electron chi connectivity index (χ2n) is 8.80. The van der Waals surface area contributed by atoms with E-state index in [1.807, 2.05) is 22.9 Å². The van der Waals surface area contributed by atoms with Crippen LogP contribution < -0.4 is 5.32 Å². The molecule has 36 heavy (non-hydrogen) atoms. The molecule has 188 valence electrons. The number of piperazine rings is 1. The monoisotopic (exact) mass is 515 g/mol. The molecular formula is C26H25F4N5S. The molecule has 1 N–H and O–H groups in total. The molecule has 0 saturated carbocycles. The third-order valence-electron chi connectivity index (χ3n) is 6.33. The number of nitrogens with zero attached hydrogens (tertiary/aromatic N) is 4. The van der Waals surface area contributed by atoms with Gasteiger partial charge in [0.05, 0.1) is 5.52 Å². The van der Waals surface area contributed by atoms with Gasteiger partial charge in [-0.05, 0) is 52.2 Å². The number of thiophene rings is 1. The van der Waals surface area contributed by atoms with Gasteiger partial charge in [-0.3, -0.25) is 9.80 Å². The number of halogens is 4. The number of rotatable bonds is 7. The van der Waals surface area contributed by atoms with Gasteiger partial charge in [0.25, 0.3) is 0 Å². The van der Waals surface area contributed by atoms with Crippen molar-refractivity contribution < 1.29 is 17.6 Å². The summed E-state index contributed by atoms with van der Waals surface area (Å²) in [6.45, 7) is 5.65. The second kappa shape index (κ2) is 10.5. The number of aromatic nitrogens is 2. The molecule has 0 amide bonds. The Kier molecular flexibility index (Phi) is 7.17. The number of alkyl halides is 3. The fourth-order valence-corrected chi connectivity index (χ4v) is 5.10. The quantitative estimate of drug-likeness (QED) is 0.318. The molecule has 1 saturated heterocycles. The smallest absolute Gasteiger partial charge is 0.368 e. The van der Waals surface area contributed by atoms with E-state index in [0.29, 0.717) is 23.3 Å². The van der Waals surface area contributed by atoms with Crippen LogP contribution in [-0.4, -0.2) is 59.0 Å². The Bertz CT molecular complexity index is 1320. The minimum Gasteiger partial charge on any atom is -0.368 e. The van der Waals surface area contributed by atoms with Crippen LogP contribution in [-0.2, 0) is 12.7 Å². The van der Waals surface area contributed by atoms with Crippen molar-refractivity contribution in [2.45, 2.75) is 12.7 Å². The predicted molar refractivity (Wildman–Crippen MR) is 134 cm³/mol. The maximum atomic E-state index is 13.4. The zero-order valence-corrected chi connectivity index (χ0v) is 20.2. The average molecular weight is 516 g/mol. The SMILES string of the molecule is Fc1cccc(CN2CCN(CCNc3ncc(-c4ccsc4)c4nc(C(F)(F)F)ccc34)CC2)c1. The van der Waals surface area contributed by atoms with E-state index < -0.39 is 11.9 Å². The molecule has 0 bridgehead atoms. The number of nitrogens with one attached hydrogen (secondary N) is 1. The van der Waals surface area contributed by atoms with Crippen LogP contribution >= 0.6 is 11.3 Å². The van der Waals surface area contributed by atoms with Gasteiger partial charge in [0.2, 0.25) is 0 Å². The van der Waals surface area contributed by atoms with Gasteiger partial charge in [0, 0.05) is 63.0 Å². The Morgan fingerprint density at radius 1 is 1.00 bits per heavy atom. The van der Waals surface area contributed by atoms with Crippen molar-refractivity contribution in [2.24, 2.45) is 0 Å². The van der Waals surface area contributed by atoms with Crippen molar-refractivity contribution in [3.8, 4) is 11.1 Å². The van der Waals surface area contributed by atoms with Gasteiger partial charge in [-0.1, -0.05) is 12.1 Å². The minimum atomic E-state index is -4.52. The zero-order valence-electron chi connectivity index (χ0n) is 19.4. The number of anilines is 1. The summed E-state index contributed by atoms with van der Waals surface area (Å²) in [7, 11) is 0. The van der Waals surface area contributed by atoms with Crippen LogP contribution in [0.1, 0.15) is 11.3 Å². The molecule has 4 heterocycles. The van der Waals surface area contributed by atoms with Crippen molar-refractivity contribution in [1.29, 1.82) is 0 Å². The van der Waals surface area contributed by atoms with E-state index >= 15 is 0 Å². The average Bonchev–Trinajstić information content (AvgIpc) is 3.39. The lowest BCUT2D eigenvalue weighted by molar-refractivity contribution is -0.140. The van der Waals surface area contributed by atoms with Crippen LogP contribution in [0.2, 0.25) is 0 Å². The zero-order chi connectivity index (χ0) is 25.1. The predicted octanol–water partition coefficient (Wildman–Crippen LogP) is 5.75. The van der Waals surface area contributed by atoms with Crippen LogP contribution in [0, 0.1) is 5.82 Å². The van der Waals surface area contributed by atoms with Gasteiger partial charge < -0.3 is 5.32 Å². The van der Waals surface area contributed by atoms with Gasteiger partial charge in [-0.25, -0.2) is 14.4 Å². The molecule has 5 nitrogen and oxygen atoms in total. The highest BCUT2D eigenvalue weighted by Gasteiger charge is 2.33. The lowest BCUT2D eigenvalue weighted by Gasteiger charge is -2.34. The van der Waals surface area contributed by atoms with Crippen molar-refractivity contribution in [2.75, 3.05) is 44.6 Å². The van der Waals surface area contributed by atoms with E-state index in [2.05, 4.69) is 25.1 Å². The fourth-order valence-electron chi connectivity index (χ4n) is 4.44. The van der Waals surface area contributed by atoms with Gasteiger partial charge in [-0.2, -0.15) is 24.5 Å². The summed E-state index contributed by atoms with van der Waals surface area (Å²) < 4.78 is 53.5. The number of hydrogen-bond donors (Lipinski definition) is 1. The summed E-state index contributed by atoms with van der Waals surface area (Å²) >= 11 is 1.47. The van der Waals surface area contributed by atoms with Gasteiger partial charge in [0.1, 0.15) is 17.3 Å². The Balaban J connectivity index is 1.23. The Morgan fingerprint density at radius 2 is 1.81 bits per heavy atom. The van der Waals surface area contributed by atoms with E-state index in [-0.39, 0.29) is 11.3 Å². The van der Waals surface area contributed by atoms with Crippen molar-refractivity contribution >= 4 is 28.1 Å². The molecule has 0 radical (unpaired) electrons. The fraction of sp³-hybridized carbons (Fsp3) is 0.308. The number of hydrogen-bond acceptors (Lipinski definition) is 6. The third-order valence-corrected chi connectivity index (χ3v) is 7.01. The van der Waals surface area contributed by atoms with E-state index in [4.69, 9.17) is 0 Å². The summed E-state index contributed by atoms with van der Waals surface area (Å²) in [4.78, 5) is 13.1. The Morgan fingerprint density at radius 3 is 2.53 bits per heavy atom. The topological polar surface area (TPSA) is 44.3 Å². The van der Waals surface area contributed by atoms with Crippen LogP contribution in [0.4, 0.5) is 23.4 Å². The lowest BCUT2D eigenvalue weighted by atomic mass is 10.1. The second-order valence-corrected chi connectivity index (χ2v) is 9.58. The highest BCUT2D eigenvalue weighted by Crippen LogP contribution is 2.35. The molecule has 1 aliphatic rings. The molecule has 5 rings (SSSR count). The third kappa shape index (κ3) is 5.66. The van der Waals surface area contributed by atoms with Crippen molar-refractivity contribution in [3.63, 3.8) is 0 Å². The molecule has 1 aliphatic heterocycles. The van der Waals surface area contributed by atoms with Crippen molar-refractivity contribution in [3.05, 3.63) is 76.5 Å². The van der Waals surface area contributed by atoms with Gasteiger partial charge >= 0.3 is 6.18 Å². The molecule has 3 aromatic heterocycles. The lowest BCUT2D eigenvalue weighted by Crippen LogP contribution is -2.47. The largest absolute Gasteiger partial charge is 0.433 e. The van der Waals surface area contributed by atoms with Crippen LogP contribution in [0.25, 0.3) is 22.0 Å². The molecule has 0 aliphatic carbocycles. The Labute approximate surface area is 210 Å².